The quantitative estimate of drug-likeness (QED) is 0.746. The van der Waals surface area contributed by atoms with Crippen LogP contribution in [0, 0.1) is 0 Å². The number of nitrogens with zero attached hydrogens (tertiary/aromatic N) is 5. The lowest BCUT2D eigenvalue weighted by Crippen LogP contribution is -2.54. The van der Waals surface area contributed by atoms with Crippen molar-refractivity contribution in [2.24, 2.45) is 0 Å². The highest BCUT2D eigenvalue weighted by Gasteiger charge is 2.36. The van der Waals surface area contributed by atoms with Gasteiger partial charge in [-0.2, -0.15) is 23.0 Å². The molecule has 0 spiro atoms. The second kappa shape index (κ2) is 9.05. The highest BCUT2D eigenvalue weighted by atomic mass is 19.4. The molecule has 1 N–H and O–H groups in total. The number of carboxylic acid groups (broad SMARTS) is 1. The van der Waals surface area contributed by atoms with Crippen molar-refractivity contribution in [3.63, 3.8) is 0 Å². The average molecular weight is 465 g/mol. The van der Waals surface area contributed by atoms with Gasteiger partial charge in [0.1, 0.15) is 0 Å². The van der Waals surface area contributed by atoms with Crippen LogP contribution in [0.3, 0.4) is 0 Å². The van der Waals surface area contributed by atoms with E-state index in [2.05, 4.69) is 5.10 Å². The highest BCUT2D eigenvalue weighted by Crippen LogP contribution is 2.36. The summed E-state index contributed by atoms with van der Waals surface area (Å²) in [6, 6.07) is 5.09. The smallest absolute Gasteiger partial charge is 0.416 e. The fourth-order valence-electron chi connectivity index (χ4n) is 4.52. The SMILES string of the molecule is CC1CN(Cc2ccc(N3CCCC3)cc2C(F)(F)F)CCN1C(=O)n1ccc(C(=O)O)n1. The second-order valence-corrected chi connectivity index (χ2v) is 8.54. The summed E-state index contributed by atoms with van der Waals surface area (Å²) >= 11 is 0. The normalized spacial score (nSPS) is 19.8. The monoisotopic (exact) mass is 465 g/mol. The van der Waals surface area contributed by atoms with E-state index in [1.807, 2.05) is 16.7 Å². The summed E-state index contributed by atoms with van der Waals surface area (Å²) in [5, 5.41) is 12.8. The number of piperazine rings is 1. The minimum atomic E-state index is -4.45. The number of alkyl halides is 3. The molecular formula is C22H26F3N5O3. The Kier molecular flexibility index (Phi) is 6.33. The number of halogens is 3. The number of hydrogen-bond acceptors (Lipinski definition) is 5. The Morgan fingerprint density at radius 2 is 1.85 bits per heavy atom. The van der Waals surface area contributed by atoms with Crippen LogP contribution in [0.2, 0.25) is 0 Å². The second-order valence-electron chi connectivity index (χ2n) is 8.54. The van der Waals surface area contributed by atoms with Crippen LogP contribution >= 0.6 is 0 Å². The molecule has 2 aromatic rings. The number of carboxylic acids is 1. The third-order valence-electron chi connectivity index (χ3n) is 6.23. The van der Waals surface area contributed by atoms with Crippen molar-refractivity contribution >= 4 is 17.7 Å². The zero-order chi connectivity index (χ0) is 23.8. The largest absolute Gasteiger partial charge is 0.476 e. The molecule has 2 fully saturated rings. The Balaban J connectivity index is 1.45. The van der Waals surface area contributed by atoms with Crippen molar-refractivity contribution < 1.29 is 27.9 Å². The average Bonchev–Trinajstić information content (AvgIpc) is 3.45. The Bertz CT molecular complexity index is 1030. The molecule has 1 aromatic carbocycles. The molecule has 4 rings (SSSR count). The van der Waals surface area contributed by atoms with Gasteiger partial charge in [0.25, 0.3) is 0 Å². The molecule has 0 aliphatic carbocycles. The minimum Gasteiger partial charge on any atom is -0.476 e. The predicted octanol–water partition coefficient (Wildman–Crippen LogP) is 3.37. The van der Waals surface area contributed by atoms with Crippen molar-refractivity contribution in [2.45, 2.75) is 38.5 Å². The molecule has 11 heteroatoms. The Morgan fingerprint density at radius 1 is 1.12 bits per heavy atom. The van der Waals surface area contributed by atoms with Gasteiger partial charge in [-0.15, -0.1) is 0 Å². The number of benzene rings is 1. The number of aromatic carboxylic acids is 1. The molecule has 1 atom stereocenters. The van der Waals surface area contributed by atoms with E-state index in [1.165, 1.54) is 18.3 Å². The van der Waals surface area contributed by atoms with Crippen LogP contribution in [-0.2, 0) is 12.7 Å². The molecule has 33 heavy (non-hydrogen) atoms. The van der Waals surface area contributed by atoms with Crippen molar-refractivity contribution in [3.05, 3.63) is 47.3 Å². The summed E-state index contributed by atoms with van der Waals surface area (Å²) in [5.41, 5.74) is -0.0228. The zero-order valence-corrected chi connectivity index (χ0v) is 18.3. The van der Waals surface area contributed by atoms with Crippen molar-refractivity contribution in [1.82, 2.24) is 19.6 Å². The number of hydrogen-bond donors (Lipinski definition) is 1. The lowest BCUT2D eigenvalue weighted by atomic mass is 10.0. The maximum Gasteiger partial charge on any atom is 0.416 e. The molecule has 0 radical (unpaired) electrons. The van der Waals surface area contributed by atoms with E-state index >= 15 is 0 Å². The van der Waals surface area contributed by atoms with Crippen molar-refractivity contribution in [2.75, 3.05) is 37.6 Å². The molecule has 0 saturated carbocycles. The standard InChI is InChI=1S/C22H26F3N5O3/c1-15-13-27(10-11-29(15)21(33)30-9-6-19(26-30)20(31)32)14-16-4-5-17(28-7-2-3-8-28)12-18(16)22(23,24)25/h4-6,9,12,15H,2-3,7-8,10-11,13-14H2,1H3,(H,31,32). The molecule has 178 valence electrons. The van der Waals surface area contributed by atoms with E-state index in [4.69, 9.17) is 5.11 Å². The molecule has 8 nitrogen and oxygen atoms in total. The lowest BCUT2D eigenvalue weighted by Gasteiger charge is -2.39. The van der Waals surface area contributed by atoms with Gasteiger partial charge in [0.15, 0.2) is 5.69 Å². The molecule has 2 aliphatic heterocycles. The number of anilines is 1. The summed E-state index contributed by atoms with van der Waals surface area (Å²) in [5.74, 6) is -1.23. The number of amides is 1. The van der Waals surface area contributed by atoms with Crippen LogP contribution in [0.15, 0.2) is 30.5 Å². The minimum absolute atomic E-state index is 0.131. The zero-order valence-electron chi connectivity index (χ0n) is 18.3. The van der Waals surface area contributed by atoms with E-state index in [9.17, 15) is 22.8 Å². The number of rotatable bonds is 4. The fourth-order valence-corrected chi connectivity index (χ4v) is 4.52. The molecule has 1 unspecified atom stereocenters. The summed E-state index contributed by atoms with van der Waals surface area (Å²) in [7, 11) is 0. The van der Waals surface area contributed by atoms with Crippen LogP contribution < -0.4 is 4.90 Å². The maximum atomic E-state index is 13.8. The van der Waals surface area contributed by atoms with Crippen LogP contribution in [0.25, 0.3) is 0 Å². The fraction of sp³-hybridized carbons (Fsp3) is 0.500. The third-order valence-corrected chi connectivity index (χ3v) is 6.23. The molecule has 0 bridgehead atoms. The van der Waals surface area contributed by atoms with E-state index in [-0.39, 0.29) is 23.8 Å². The first-order valence-electron chi connectivity index (χ1n) is 10.9. The van der Waals surface area contributed by atoms with Crippen LogP contribution in [0.5, 0.6) is 0 Å². The third kappa shape index (κ3) is 4.97. The van der Waals surface area contributed by atoms with Gasteiger partial charge in [0.05, 0.1) is 5.56 Å². The Morgan fingerprint density at radius 3 is 2.45 bits per heavy atom. The first kappa shape index (κ1) is 23.1. The van der Waals surface area contributed by atoms with Gasteiger partial charge in [-0.3, -0.25) is 4.90 Å². The van der Waals surface area contributed by atoms with Crippen molar-refractivity contribution in [1.29, 1.82) is 0 Å². The number of aromatic nitrogens is 2. The molecular weight excluding hydrogens is 439 g/mol. The van der Waals surface area contributed by atoms with Gasteiger partial charge in [0, 0.05) is 57.2 Å². The van der Waals surface area contributed by atoms with Crippen LogP contribution in [0.4, 0.5) is 23.7 Å². The van der Waals surface area contributed by atoms with Gasteiger partial charge in [-0.1, -0.05) is 6.07 Å². The molecule has 1 amide bonds. The topological polar surface area (TPSA) is 81.9 Å². The molecule has 2 aliphatic rings. The van der Waals surface area contributed by atoms with Gasteiger partial charge < -0.3 is 14.9 Å². The van der Waals surface area contributed by atoms with Gasteiger partial charge in [-0.25, -0.2) is 9.59 Å². The molecule has 2 saturated heterocycles. The highest BCUT2D eigenvalue weighted by molar-refractivity contribution is 5.86. The summed E-state index contributed by atoms with van der Waals surface area (Å²) < 4.78 is 42.4. The van der Waals surface area contributed by atoms with Crippen LogP contribution in [0.1, 0.15) is 41.4 Å². The van der Waals surface area contributed by atoms with Gasteiger partial charge >= 0.3 is 18.2 Å². The summed E-state index contributed by atoms with van der Waals surface area (Å²) in [4.78, 5) is 29.2. The maximum absolute atomic E-state index is 13.8. The first-order chi connectivity index (χ1) is 15.6. The van der Waals surface area contributed by atoms with Crippen molar-refractivity contribution in [3.8, 4) is 0 Å². The Labute approximate surface area is 189 Å². The van der Waals surface area contributed by atoms with E-state index < -0.39 is 23.7 Å². The Hall–Kier alpha value is -3.08. The van der Waals surface area contributed by atoms with Gasteiger partial charge in [0.2, 0.25) is 0 Å². The summed E-state index contributed by atoms with van der Waals surface area (Å²) in [6.45, 7) is 4.58. The van der Waals surface area contributed by atoms with E-state index in [0.29, 0.717) is 25.3 Å². The predicted molar refractivity (Wildman–Crippen MR) is 114 cm³/mol. The number of carbonyl (C=O) groups excluding carboxylic acids is 1. The molecule has 1 aromatic heterocycles. The van der Waals surface area contributed by atoms with E-state index in [1.54, 1.807) is 17.0 Å². The first-order valence-corrected chi connectivity index (χ1v) is 10.9. The number of carbonyl (C=O) groups is 2. The molecule has 3 heterocycles. The summed E-state index contributed by atoms with van der Waals surface area (Å²) in [6.07, 6.45) is -1.18. The lowest BCUT2D eigenvalue weighted by molar-refractivity contribution is -0.138. The van der Waals surface area contributed by atoms with Crippen LogP contribution in [-0.4, -0.2) is 75.5 Å². The van der Waals surface area contributed by atoms with Gasteiger partial charge in [-0.05, 0) is 43.5 Å². The van der Waals surface area contributed by atoms with E-state index in [0.717, 1.165) is 30.6 Å².